The molecule has 2 N–H and O–H groups in total. The molecule has 2 rings (SSSR count). The van der Waals surface area contributed by atoms with Gasteiger partial charge in [-0.3, -0.25) is 19.2 Å². The molecule has 1 heterocycles. The molecule has 1 aliphatic heterocycles. The minimum absolute atomic E-state index is 0.0434. The fourth-order valence-corrected chi connectivity index (χ4v) is 3.95. The molecule has 0 aromatic heterocycles. The minimum Gasteiger partial charge on any atom is -0.494 e. The number of benzene rings is 1. The summed E-state index contributed by atoms with van der Waals surface area (Å²) >= 11 is 0. The van der Waals surface area contributed by atoms with Gasteiger partial charge in [0.2, 0.25) is 6.41 Å². The Bertz CT molecular complexity index is 979. The normalized spacial score (nSPS) is 22.0. The van der Waals surface area contributed by atoms with Crippen LogP contribution in [0.15, 0.2) is 18.2 Å². The molecule has 11 nitrogen and oxygen atoms in total. The van der Waals surface area contributed by atoms with Gasteiger partial charge in [-0.1, -0.05) is 39.7 Å². The molecule has 1 aliphatic rings. The van der Waals surface area contributed by atoms with E-state index in [9.17, 15) is 24.0 Å². The van der Waals surface area contributed by atoms with Gasteiger partial charge in [0.25, 0.3) is 5.91 Å². The maximum absolute atomic E-state index is 13.1. The molecule has 11 heteroatoms. The molecule has 1 aromatic rings. The highest BCUT2D eigenvalue weighted by Crippen LogP contribution is 2.29. The lowest BCUT2D eigenvalue weighted by Crippen LogP contribution is -2.49. The van der Waals surface area contributed by atoms with Crippen molar-refractivity contribution in [2.45, 2.75) is 71.6 Å². The van der Waals surface area contributed by atoms with Crippen molar-refractivity contribution in [3.8, 4) is 5.75 Å². The van der Waals surface area contributed by atoms with E-state index in [4.69, 9.17) is 18.9 Å². The van der Waals surface area contributed by atoms with Gasteiger partial charge in [0.15, 0.2) is 11.8 Å². The van der Waals surface area contributed by atoms with Gasteiger partial charge < -0.3 is 29.6 Å². The quantitative estimate of drug-likeness (QED) is 0.255. The smallest absolute Gasteiger partial charge is 0.332 e. The number of cyclic esters (lactones) is 2. The van der Waals surface area contributed by atoms with Crippen LogP contribution in [-0.4, -0.2) is 62.2 Å². The number of anilines is 1. The highest BCUT2D eigenvalue weighted by molar-refractivity contribution is 6.01. The Morgan fingerprint density at radius 2 is 1.95 bits per heavy atom. The van der Waals surface area contributed by atoms with E-state index >= 15 is 0 Å². The molecule has 0 saturated carbocycles. The van der Waals surface area contributed by atoms with E-state index in [0.29, 0.717) is 19.3 Å². The summed E-state index contributed by atoms with van der Waals surface area (Å²) in [4.78, 5) is 62.5. The van der Waals surface area contributed by atoms with Gasteiger partial charge in [-0.05, 0) is 31.4 Å². The summed E-state index contributed by atoms with van der Waals surface area (Å²) in [6, 6.07) is 3.18. The van der Waals surface area contributed by atoms with Crippen LogP contribution in [0.1, 0.15) is 63.7 Å². The number of unbranched alkanes of at least 4 members (excludes halogenated alkanes) is 1. The highest BCUT2D eigenvalue weighted by Gasteiger charge is 2.40. The second kappa shape index (κ2) is 14.2. The molecule has 1 saturated heterocycles. The number of esters is 3. The molecule has 0 aliphatic carbocycles. The Morgan fingerprint density at radius 1 is 1.22 bits per heavy atom. The van der Waals surface area contributed by atoms with E-state index in [0.717, 1.165) is 6.42 Å². The first kappa shape index (κ1) is 29.6. The number of ether oxygens (including phenoxy) is 4. The standard InChI is InChI=1S/C26H36N2O9/c1-6-7-9-17-20(37-21(30)12-15(2)3)13-35-26(33)22(16(4)36-25(17)32)28-24(31)18-10-8-11-19(27-14-29)23(18)34-5/h8,10-11,14-17,20,22H,6-7,9,12-13H2,1-5H3,(H,27,29)(H,28,31)/t16-,17-,20+,22+/m1/s1. The monoisotopic (exact) mass is 520 g/mol. The maximum atomic E-state index is 13.1. The Hall–Kier alpha value is -3.63. The molecule has 0 spiro atoms. The van der Waals surface area contributed by atoms with E-state index in [1.165, 1.54) is 26.2 Å². The van der Waals surface area contributed by atoms with Crippen molar-refractivity contribution in [1.29, 1.82) is 0 Å². The van der Waals surface area contributed by atoms with Crippen molar-refractivity contribution >= 4 is 35.9 Å². The van der Waals surface area contributed by atoms with Crippen LogP contribution in [0.3, 0.4) is 0 Å². The summed E-state index contributed by atoms with van der Waals surface area (Å²) in [6.45, 7) is 6.80. The summed E-state index contributed by atoms with van der Waals surface area (Å²) in [5, 5.41) is 4.98. The van der Waals surface area contributed by atoms with Crippen molar-refractivity contribution in [2.75, 3.05) is 19.0 Å². The van der Waals surface area contributed by atoms with Crippen molar-refractivity contribution in [2.24, 2.45) is 11.8 Å². The van der Waals surface area contributed by atoms with E-state index in [-0.39, 0.29) is 35.9 Å². The second-order valence-electron chi connectivity index (χ2n) is 9.25. The fourth-order valence-electron chi connectivity index (χ4n) is 3.95. The Labute approximate surface area is 216 Å². The summed E-state index contributed by atoms with van der Waals surface area (Å²) in [5.41, 5.74) is 0.299. The molecule has 0 bridgehead atoms. The van der Waals surface area contributed by atoms with Gasteiger partial charge in [-0.15, -0.1) is 0 Å². The lowest BCUT2D eigenvalue weighted by atomic mass is 9.96. The average molecular weight is 521 g/mol. The Morgan fingerprint density at radius 3 is 2.57 bits per heavy atom. The lowest BCUT2D eigenvalue weighted by Gasteiger charge is -2.25. The molecular formula is C26H36N2O9. The number of para-hydroxylation sites is 1. The molecule has 204 valence electrons. The van der Waals surface area contributed by atoms with E-state index < -0.39 is 48.0 Å². The third kappa shape index (κ3) is 8.19. The number of carbonyl (C=O) groups excluding carboxylic acids is 5. The third-order valence-corrected chi connectivity index (χ3v) is 5.86. The first-order valence-corrected chi connectivity index (χ1v) is 12.4. The molecule has 37 heavy (non-hydrogen) atoms. The van der Waals surface area contributed by atoms with E-state index in [1.807, 2.05) is 20.8 Å². The molecule has 0 radical (unpaired) electrons. The fraction of sp³-hybridized carbons (Fsp3) is 0.577. The minimum atomic E-state index is -1.35. The van der Waals surface area contributed by atoms with Crippen LogP contribution in [0.2, 0.25) is 0 Å². The lowest BCUT2D eigenvalue weighted by molar-refractivity contribution is -0.168. The van der Waals surface area contributed by atoms with Crippen LogP contribution in [-0.2, 0) is 33.4 Å². The zero-order valence-corrected chi connectivity index (χ0v) is 21.9. The topological polar surface area (TPSA) is 146 Å². The number of carbonyl (C=O) groups is 5. The first-order valence-electron chi connectivity index (χ1n) is 12.4. The summed E-state index contributed by atoms with van der Waals surface area (Å²) < 4.78 is 21.8. The van der Waals surface area contributed by atoms with Crippen LogP contribution in [0.4, 0.5) is 5.69 Å². The molecule has 1 fully saturated rings. The highest BCUT2D eigenvalue weighted by atomic mass is 16.6. The van der Waals surface area contributed by atoms with Crippen LogP contribution in [0.5, 0.6) is 5.75 Å². The van der Waals surface area contributed by atoms with Crippen LogP contribution >= 0.6 is 0 Å². The molecule has 0 unspecified atom stereocenters. The third-order valence-electron chi connectivity index (χ3n) is 5.86. The summed E-state index contributed by atoms with van der Waals surface area (Å²) in [6.07, 6.45) is 0.340. The Balaban J connectivity index is 2.30. The van der Waals surface area contributed by atoms with Crippen molar-refractivity contribution in [1.82, 2.24) is 5.32 Å². The zero-order valence-electron chi connectivity index (χ0n) is 21.9. The van der Waals surface area contributed by atoms with Crippen molar-refractivity contribution in [3.05, 3.63) is 23.8 Å². The maximum Gasteiger partial charge on any atom is 0.332 e. The van der Waals surface area contributed by atoms with Crippen molar-refractivity contribution in [3.63, 3.8) is 0 Å². The predicted octanol–water partition coefficient (Wildman–Crippen LogP) is 2.61. The number of rotatable bonds is 11. The van der Waals surface area contributed by atoms with Gasteiger partial charge in [0.1, 0.15) is 18.8 Å². The van der Waals surface area contributed by atoms with Crippen LogP contribution in [0, 0.1) is 11.8 Å². The number of hydrogen-bond acceptors (Lipinski definition) is 9. The average Bonchev–Trinajstić information content (AvgIpc) is 2.87. The summed E-state index contributed by atoms with van der Waals surface area (Å²) in [5.74, 6) is -3.40. The molecule has 4 atom stereocenters. The van der Waals surface area contributed by atoms with Gasteiger partial charge in [-0.25, -0.2) is 4.79 Å². The number of methoxy groups -OCH3 is 1. The summed E-state index contributed by atoms with van der Waals surface area (Å²) in [7, 11) is 1.33. The SMILES string of the molecule is CCCC[C@H]1C(=O)O[C@H](C)[C@H](NC(=O)c2cccc(NC=O)c2OC)C(=O)OC[C@@H]1OC(=O)CC(C)C. The zero-order chi connectivity index (χ0) is 27.5. The molecule has 1 aromatic carbocycles. The van der Waals surface area contributed by atoms with Gasteiger partial charge in [0, 0.05) is 6.42 Å². The molecular weight excluding hydrogens is 484 g/mol. The van der Waals surface area contributed by atoms with Crippen LogP contribution < -0.4 is 15.4 Å². The van der Waals surface area contributed by atoms with Crippen molar-refractivity contribution < 1.29 is 42.9 Å². The van der Waals surface area contributed by atoms with Crippen LogP contribution in [0.25, 0.3) is 0 Å². The molecule has 2 amide bonds. The Kier molecular flexibility index (Phi) is 11.4. The van der Waals surface area contributed by atoms with E-state index in [1.54, 1.807) is 6.07 Å². The predicted molar refractivity (Wildman–Crippen MR) is 133 cm³/mol. The van der Waals surface area contributed by atoms with Gasteiger partial charge >= 0.3 is 17.9 Å². The second-order valence-corrected chi connectivity index (χ2v) is 9.25. The number of nitrogens with one attached hydrogen (secondary N) is 2. The van der Waals surface area contributed by atoms with Gasteiger partial charge in [-0.2, -0.15) is 0 Å². The number of amides is 2. The first-order chi connectivity index (χ1) is 17.6. The largest absolute Gasteiger partial charge is 0.494 e. The van der Waals surface area contributed by atoms with Gasteiger partial charge in [0.05, 0.1) is 24.3 Å². The van der Waals surface area contributed by atoms with E-state index in [2.05, 4.69) is 10.6 Å². The number of hydrogen-bond donors (Lipinski definition) is 2.